The smallest absolute Gasteiger partial charge is 0.251 e. The van der Waals surface area contributed by atoms with Crippen LogP contribution in [0.2, 0.25) is 0 Å². The van der Waals surface area contributed by atoms with Gasteiger partial charge in [0.25, 0.3) is 5.91 Å². The molecule has 0 saturated carbocycles. The molecule has 1 aliphatic heterocycles. The Kier molecular flexibility index (Phi) is 3.89. The molecule has 1 atom stereocenters. The number of benzene rings is 1. The Hall–Kier alpha value is -1.22. The van der Waals surface area contributed by atoms with E-state index >= 15 is 0 Å². The van der Waals surface area contributed by atoms with Crippen molar-refractivity contribution in [3.8, 4) is 5.75 Å². The number of alkyl halides is 1. The molecule has 1 aromatic rings. The molecule has 1 aliphatic rings. The van der Waals surface area contributed by atoms with Gasteiger partial charge in [0.2, 0.25) is 0 Å². The number of amides is 1. The largest absolute Gasteiger partial charge is 0.475 e. The Morgan fingerprint density at radius 3 is 3.12 bits per heavy atom. The number of carbonyl (C=O) groups is 1. The van der Waals surface area contributed by atoms with E-state index in [4.69, 9.17) is 16.3 Å². The van der Waals surface area contributed by atoms with Crippen molar-refractivity contribution in [3.05, 3.63) is 29.3 Å². The van der Waals surface area contributed by atoms with Crippen molar-refractivity contribution in [2.45, 2.75) is 31.7 Å². The Morgan fingerprint density at radius 1 is 1.53 bits per heavy atom. The molecular formula is C13H16ClNO2. The van der Waals surface area contributed by atoms with Crippen molar-refractivity contribution in [1.82, 2.24) is 5.32 Å². The summed E-state index contributed by atoms with van der Waals surface area (Å²) in [7, 11) is 0. The maximum absolute atomic E-state index is 11.7. The molecule has 2 rings (SSSR count). The first-order chi connectivity index (χ1) is 8.20. The fourth-order valence-electron chi connectivity index (χ4n) is 1.88. The first-order valence-electron chi connectivity index (χ1n) is 5.92. The summed E-state index contributed by atoms with van der Waals surface area (Å²) in [6, 6.07) is 5.53. The van der Waals surface area contributed by atoms with E-state index in [9.17, 15) is 4.79 Å². The molecule has 0 bridgehead atoms. The molecule has 17 heavy (non-hydrogen) atoms. The van der Waals surface area contributed by atoms with Gasteiger partial charge in [0, 0.05) is 12.1 Å². The number of carbonyl (C=O) groups excluding carboxylic acids is 1. The van der Waals surface area contributed by atoms with Gasteiger partial charge in [-0.05, 0) is 43.0 Å². The summed E-state index contributed by atoms with van der Waals surface area (Å²) in [6.45, 7) is 2.70. The third-order valence-electron chi connectivity index (χ3n) is 2.81. The Bertz CT molecular complexity index is 420. The van der Waals surface area contributed by atoms with Gasteiger partial charge in [-0.25, -0.2) is 0 Å². The zero-order chi connectivity index (χ0) is 12.3. The van der Waals surface area contributed by atoms with Gasteiger partial charge in [-0.2, -0.15) is 0 Å². The standard InChI is InChI=1S/C13H16ClNO2/c1-2-12(14)17-10-5-6-11-9(8-10)4-3-7-15-13(11)16/h5-6,8,12H,2-4,7H2,1H3,(H,15,16). The number of nitrogens with one attached hydrogen (secondary N) is 1. The van der Waals surface area contributed by atoms with E-state index in [0.29, 0.717) is 0 Å². The van der Waals surface area contributed by atoms with Crippen LogP contribution in [0, 0.1) is 0 Å². The molecule has 0 spiro atoms. The topological polar surface area (TPSA) is 38.3 Å². The van der Waals surface area contributed by atoms with Crippen LogP contribution in [-0.2, 0) is 6.42 Å². The van der Waals surface area contributed by atoms with E-state index in [2.05, 4.69) is 5.32 Å². The molecule has 4 heteroatoms. The van der Waals surface area contributed by atoms with Gasteiger partial charge in [0.1, 0.15) is 5.75 Å². The van der Waals surface area contributed by atoms with Crippen LogP contribution in [0.25, 0.3) is 0 Å². The van der Waals surface area contributed by atoms with Crippen molar-refractivity contribution in [1.29, 1.82) is 0 Å². The summed E-state index contributed by atoms with van der Waals surface area (Å²) in [5, 5.41) is 2.87. The third-order valence-corrected chi connectivity index (χ3v) is 3.21. The van der Waals surface area contributed by atoms with E-state index in [1.54, 1.807) is 6.07 Å². The number of rotatable bonds is 3. The molecular weight excluding hydrogens is 238 g/mol. The molecule has 0 radical (unpaired) electrons. The zero-order valence-corrected chi connectivity index (χ0v) is 10.6. The maximum atomic E-state index is 11.7. The molecule has 1 amide bonds. The number of ether oxygens (including phenoxy) is 1. The minimum atomic E-state index is -0.312. The third kappa shape index (κ3) is 2.91. The highest BCUT2D eigenvalue weighted by atomic mass is 35.5. The van der Waals surface area contributed by atoms with Gasteiger partial charge in [-0.3, -0.25) is 4.79 Å². The van der Waals surface area contributed by atoms with Crippen LogP contribution >= 0.6 is 11.6 Å². The summed E-state index contributed by atoms with van der Waals surface area (Å²) < 4.78 is 5.54. The second-order valence-electron chi connectivity index (χ2n) is 4.11. The van der Waals surface area contributed by atoms with Gasteiger partial charge in [-0.1, -0.05) is 18.5 Å². The molecule has 0 aliphatic carbocycles. The summed E-state index contributed by atoms with van der Waals surface area (Å²) in [5.74, 6) is 0.738. The first kappa shape index (κ1) is 12.2. The lowest BCUT2D eigenvalue weighted by Gasteiger charge is -2.12. The highest BCUT2D eigenvalue weighted by Crippen LogP contribution is 2.23. The molecule has 1 aromatic carbocycles. The minimum Gasteiger partial charge on any atom is -0.475 e. The van der Waals surface area contributed by atoms with Crippen LogP contribution in [0.5, 0.6) is 5.75 Å². The van der Waals surface area contributed by atoms with Crippen molar-refractivity contribution in [2.75, 3.05) is 6.54 Å². The summed E-state index contributed by atoms with van der Waals surface area (Å²) >= 11 is 5.94. The van der Waals surface area contributed by atoms with Gasteiger partial charge < -0.3 is 10.1 Å². The predicted molar refractivity (Wildman–Crippen MR) is 67.7 cm³/mol. The molecule has 1 heterocycles. The van der Waals surface area contributed by atoms with Crippen LogP contribution in [0.1, 0.15) is 35.7 Å². The van der Waals surface area contributed by atoms with Crippen LogP contribution in [0.3, 0.4) is 0 Å². The second-order valence-corrected chi connectivity index (χ2v) is 4.60. The lowest BCUT2D eigenvalue weighted by molar-refractivity contribution is 0.0956. The quantitative estimate of drug-likeness (QED) is 0.842. The van der Waals surface area contributed by atoms with Gasteiger partial charge in [-0.15, -0.1) is 0 Å². The van der Waals surface area contributed by atoms with E-state index in [-0.39, 0.29) is 11.5 Å². The van der Waals surface area contributed by atoms with Crippen molar-refractivity contribution >= 4 is 17.5 Å². The van der Waals surface area contributed by atoms with E-state index in [1.165, 1.54) is 0 Å². The number of hydrogen-bond donors (Lipinski definition) is 1. The minimum absolute atomic E-state index is 0.00182. The molecule has 0 aromatic heterocycles. The number of aryl methyl sites for hydroxylation is 1. The van der Waals surface area contributed by atoms with E-state index in [1.807, 2.05) is 19.1 Å². The second kappa shape index (κ2) is 5.41. The number of hydrogen-bond acceptors (Lipinski definition) is 2. The summed E-state index contributed by atoms with van der Waals surface area (Å²) in [4.78, 5) is 11.7. The fraction of sp³-hybridized carbons (Fsp3) is 0.462. The van der Waals surface area contributed by atoms with Gasteiger partial charge >= 0.3 is 0 Å². The van der Waals surface area contributed by atoms with Crippen LogP contribution < -0.4 is 10.1 Å². The van der Waals surface area contributed by atoms with E-state index < -0.39 is 0 Å². The lowest BCUT2D eigenvalue weighted by Crippen LogP contribution is -2.22. The summed E-state index contributed by atoms with van der Waals surface area (Å²) in [6.07, 6.45) is 2.60. The van der Waals surface area contributed by atoms with Gasteiger partial charge in [0.05, 0.1) is 0 Å². The molecule has 1 N–H and O–H groups in total. The van der Waals surface area contributed by atoms with Crippen LogP contribution in [-0.4, -0.2) is 18.0 Å². The number of halogens is 1. The highest BCUT2D eigenvalue weighted by Gasteiger charge is 2.16. The molecule has 0 fully saturated rings. The highest BCUT2D eigenvalue weighted by molar-refractivity contribution is 6.19. The van der Waals surface area contributed by atoms with Gasteiger partial charge in [0.15, 0.2) is 5.56 Å². The van der Waals surface area contributed by atoms with Crippen molar-refractivity contribution in [3.63, 3.8) is 0 Å². The van der Waals surface area contributed by atoms with Crippen molar-refractivity contribution in [2.24, 2.45) is 0 Å². The predicted octanol–water partition coefficient (Wildman–Crippen LogP) is 2.72. The van der Waals surface area contributed by atoms with Crippen LogP contribution in [0.15, 0.2) is 18.2 Å². The fourth-order valence-corrected chi connectivity index (χ4v) is 1.98. The molecule has 3 nitrogen and oxygen atoms in total. The van der Waals surface area contributed by atoms with Crippen LogP contribution in [0.4, 0.5) is 0 Å². The first-order valence-corrected chi connectivity index (χ1v) is 6.36. The average molecular weight is 254 g/mol. The zero-order valence-electron chi connectivity index (χ0n) is 9.83. The average Bonchev–Trinajstić information content (AvgIpc) is 2.51. The van der Waals surface area contributed by atoms with E-state index in [0.717, 1.165) is 42.7 Å². The molecule has 92 valence electrons. The lowest BCUT2D eigenvalue weighted by atomic mass is 10.0. The summed E-state index contributed by atoms with van der Waals surface area (Å²) in [5.41, 5.74) is 1.47. The Morgan fingerprint density at radius 2 is 2.35 bits per heavy atom. The van der Waals surface area contributed by atoms with Crippen molar-refractivity contribution < 1.29 is 9.53 Å². The SMILES string of the molecule is CCC(Cl)Oc1ccc2c(c1)CCCNC2=O. The number of fused-ring (bicyclic) bond motifs is 1. The Balaban J connectivity index is 2.23. The molecule has 1 unspecified atom stereocenters. The molecule has 0 saturated heterocycles. The monoisotopic (exact) mass is 253 g/mol. The Labute approximate surface area is 106 Å². The maximum Gasteiger partial charge on any atom is 0.251 e. The normalized spacial score (nSPS) is 16.7.